The van der Waals surface area contributed by atoms with Crippen LogP contribution in [0.4, 0.5) is 0 Å². The van der Waals surface area contributed by atoms with Crippen molar-refractivity contribution in [2.45, 2.75) is 113 Å². The average Bonchev–Trinajstić information content (AvgIpc) is 2.90. The highest BCUT2D eigenvalue weighted by Gasteiger charge is 2.72. The molecule has 0 aromatic heterocycles. The van der Waals surface area contributed by atoms with Gasteiger partial charge in [0, 0.05) is 24.4 Å². The third-order valence-corrected chi connectivity index (χ3v) is 14.0. The van der Waals surface area contributed by atoms with Gasteiger partial charge < -0.3 is 25.1 Å². The number of fused-ring (bicyclic) bond motifs is 3. The largest absolute Gasteiger partial charge is 0.481 e. The zero-order valence-electron chi connectivity index (χ0n) is 27.5. The van der Waals surface area contributed by atoms with Crippen molar-refractivity contribution in [2.75, 3.05) is 26.4 Å². The van der Waals surface area contributed by atoms with Crippen LogP contribution in [0.15, 0.2) is 11.6 Å². The van der Waals surface area contributed by atoms with Gasteiger partial charge in [-0.25, -0.2) is 0 Å². The molecule has 238 valence electrons. The molecule has 7 nitrogen and oxygen atoms in total. The second-order valence-electron chi connectivity index (χ2n) is 16.1. The first kappa shape index (κ1) is 32.0. The maximum absolute atomic E-state index is 13.3. The topological polar surface area (TPSA) is 108 Å². The summed E-state index contributed by atoms with van der Waals surface area (Å²) in [5.41, 5.74) is 5.95. The molecule has 4 fully saturated rings. The van der Waals surface area contributed by atoms with Gasteiger partial charge in [-0.1, -0.05) is 60.1 Å². The Balaban J connectivity index is 1.59. The Labute approximate surface area is 253 Å². The fraction of sp³-hybridized carbons (Fsp3) is 0.886. The third-order valence-electron chi connectivity index (χ3n) is 14.0. The monoisotopic (exact) mass is 587 g/mol. The number of carbonyl (C=O) groups is 2. The molecular weight excluding hydrogens is 530 g/mol. The van der Waals surface area contributed by atoms with Gasteiger partial charge in [-0.2, -0.15) is 0 Å². The molecule has 3 N–H and O–H groups in total. The minimum atomic E-state index is -0.638. The molecule has 2 bridgehead atoms. The van der Waals surface area contributed by atoms with Gasteiger partial charge in [0.25, 0.3) is 0 Å². The molecule has 0 amide bonds. The molecule has 0 radical (unpaired) electrons. The second-order valence-corrected chi connectivity index (χ2v) is 16.1. The minimum absolute atomic E-state index is 0.144. The number of carboxylic acid groups (broad SMARTS) is 1. The summed E-state index contributed by atoms with van der Waals surface area (Å²) in [6.07, 6.45) is 8.13. The van der Waals surface area contributed by atoms with E-state index in [1.807, 2.05) is 0 Å². The van der Waals surface area contributed by atoms with Gasteiger partial charge in [0.2, 0.25) is 0 Å². The van der Waals surface area contributed by atoms with Crippen LogP contribution in [0.5, 0.6) is 0 Å². The molecule has 0 aromatic carbocycles. The number of carboxylic acids is 1. The zero-order chi connectivity index (χ0) is 30.9. The van der Waals surface area contributed by atoms with Crippen LogP contribution in [0.3, 0.4) is 0 Å². The smallest absolute Gasteiger partial charge is 0.307 e. The summed E-state index contributed by atoms with van der Waals surface area (Å²) in [4.78, 5) is 25.7. The molecule has 1 unspecified atom stereocenters. The molecule has 5 rings (SSSR count). The number of nitrogens with two attached hydrogens (primary N) is 1. The molecule has 42 heavy (non-hydrogen) atoms. The number of rotatable bonds is 8. The number of allylic oxidation sites excluding steroid dienone is 1. The number of carbonyl (C=O) groups excluding carboxylic acids is 1. The first-order chi connectivity index (χ1) is 19.6. The van der Waals surface area contributed by atoms with Crippen LogP contribution in [0.1, 0.15) is 100 Å². The van der Waals surface area contributed by atoms with E-state index in [4.69, 9.17) is 19.9 Å². The molecule has 0 spiro atoms. The summed E-state index contributed by atoms with van der Waals surface area (Å²) in [5, 5.41) is 10.9. The number of hydrogen-bond donors (Lipinski definition) is 2. The fourth-order valence-electron chi connectivity index (χ4n) is 11.5. The quantitative estimate of drug-likeness (QED) is 0.197. The lowest BCUT2D eigenvalue weighted by Crippen LogP contribution is -2.70. The maximum atomic E-state index is 13.3. The maximum Gasteiger partial charge on any atom is 0.307 e. The molecule has 4 aliphatic carbocycles. The normalized spacial score (nSPS) is 47.0. The van der Waals surface area contributed by atoms with Gasteiger partial charge in [0.15, 0.2) is 0 Å². The minimum Gasteiger partial charge on any atom is -0.481 e. The third kappa shape index (κ3) is 4.37. The number of esters is 1. The first-order valence-corrected chi connectivity index (χ1v) is 16.6. The molecule has 3 saturated carbocycles. The summed E-state index contributed by atoms with van der Waals surface area (Å²) >= 11 is 0. The van der Waals surface area contributed by atoms with E-state index < -0.39 is 11.9 Å². The highest BCUT2D eigenvalue weighted by Crippen LogP contribution is 2.75. The molecule has 1 saturated heterocycles. The van der Waals surface area contributed by atoms with E-state index in [2.05, 4.69) is 54.5 Å². The molecule has 0 aromatic rings. The van der Waals surface area contributed by atoms with Crippen LogP contribution in [-0.4, -0.2) is 55.6 Å². The molecule has 5 aliphatic rings. The van der Waals surface area contributed by atoms with Crippen LogP contribution in [0.2, 0.25) is 0 Å². The Bertz CT molecular complexity index is 1110. The predicted octanol–water partition coefficient (Wildman–Crippen LogP) is 6.24. The van der Waals surface area contributed by atoms with Gasteiger partial charge in [-0.15, -0.1) is 0 Å². The Morgan fingerprint density at radius 1 is 1.10 bits per heavy atom. The van der Waals surface area contributed by atoms with Crippen molar-refractivity contribution >= 4 is 11.9 Å². The van der Waals surface area contributed by atoms with Crippen molar-refractivity contribution in [2.24, 2.45) is 62.4 Å². The fourth-order valence-corrected chi connectivity index (χ4v) is 11.5. The van der Waals surface area contributed by atoms with E-state index in [0.717, 1.165) is 38.5 Å². The average molecular weight is 588 g/mol. The Morgan fingerprint density at radius 3 is 2.43 bits per heavy atom. The van der Waals surface area contributed by atoms with Gasteiger partial charge in [0.05, 0.1) is 19.1 Å². The van der Waals surface area contributed by atoms with Crippen molar-refractivity contribution in [1.82, 2.24) is 0 Å². The molecule has 11 atom stereocenters. The summed E-state index contributed by atoms with van der Waals surface area (Å²) in [6, 6.07) is 0. The van der Waals surface area contributed by atoms with Gasteiger partial charge in [-0.05, 0) is 91.4 Å². The lowest BCUT2D eigenvalue weighted by atomic mass is 9.34. The van der Waals surface area contributed by atoms with E-state index in [1.165, 1.54) is 12.5 Å². The lowest BCUT2D eigenvalue weighted by molar-refractivity contribution is -0.267. The van der Waals surface area contributed by atoms with Gasteiger partial charge >= 0.3 is 11.9 Å². The van der Waals surface area contributed by atoms with Crippen molar-refractivity contribution in [3.05, 3.63) is 11.6 Å². The standard InChI is InChI=1S/C35H57NO6/c1-21(2)22(3)31(5)14-15-33(7)24-10-11-27-32(6)19-40-20-35(27,25(24)12-13-34(33,8)28(31)30(38)39)18-26(42-23(4)37)29(32)41-17-9-16-36/h12,21-22,24,26-29H,9-11,13-20,36H2,1-8H3,(H,38,39)/t22-,24+,26-,27+,28-,29+,31-,32?,33-,34+,35+/m1/s1. The Morgan fingerprint density at radius 2 is 1.81 bits per heavy atom. The van der Waals surface area contributed by atoms with E-state index >= 15 is 0 Å². The Kier molecular flexibility index (Phi) is 8.27. The summed E-state index contributed by atoms with van der Waals surface area (Å²) in [7, 11) is 0. The van der Waals surface area contributed by atoms with Gasteiger partial charge in [0.1, 0.15) is 12.2 Å². The van der Waals surface area contributed by atoms with Crippen molar-refractivity contribution < 1.29 is 28.9 Å². The summed E-state index contributed by atoms with van der Waals surface area (Å²) < 4.78 is 19.1. The SMILES string of the molecule is CC(=O)O[C@@H]1C[C@@]23COCC(C)([C@H]1OCCCN)[C@@H]2CC[C@H]1C3=CC[C@@]2(C)[C@H](C(=O)O)[C@@](C)([C@H](C)C(C)C)CC[C@]12C. The number of hydrogen-bond acceptors (Lipinski definition) is 6. The predicted molar refractivity (Wildman–Crippen MR) is 163 cm³/mol. The van der Waals surface area contributed by atoms with Crippen molar-refractivity contribution in [3.8, 4) is 0 Å². The van der Waals surface area contributed by atoms with Crippen LogP contribution in [-0.2, 0) is 23.8 Å². The van der Waals surface area contributed by atoms with Crippen LogP contribution in [0, 0.1) is 56.7 Å². The van der Waals surface area contributed by atoms with E-state index in [1.54, 1.807) is 0 Å². The van der Waals surface area contributed by atoms with Crippen LogP contribution < -0.4 is 5.73 Å². The molecular formula is C35H57NO6. The molecule has 1 aliphatic heterocycles. The highest BCUT2D eigenvalue weighted by atomic mass is 16.6. The van der Waals surface area contributed by atoms with E-state index in [-0.39, 0.29) is 51.2 Å². The molecule has 7 heteroatoms. The summed E-state index contributed by atoms with van der Waals surface area (Å²) in [6.45, 7) is 19.8. The van der Waals surface area contributed by atoms with Crippen LogP contribution in [0.25, 0.3) is 0 Å². The lowest BCUT2D eigenvalue weighted by Gasteiger charge is -2.71. The highest BCUT2D eigenvalue weighted by molar-refractivity contribution is 5.73. The number of aliphatic carboxylic acids is 1. The van der Waals surface area contributed by atoms with Gasteiger partial charge in [-0.3, -0.25) is 9.59 Å². The van der Waals surface area contributed by atoms with Crippen molar-refractivity contribution in [1.29, 1.82) is 0 Å². The second kappa shape index (κ2) is 10.9. The molecule has 1 heterocycles. The van der Waals surface area contributed by atoms with Crippen molar-refractivity contribution in [3.63, 3.8) is 0 Å². The van der Waals surface area contributed by atoms with E-state index in [9.17, 15) is 14.7 Å². The zero-order valence-corrected chi connectivity index (χ0v) is 27.5. The van der Waals surface area contributed by atoms with E-state index in [0.29, 0.717) is 50.5 Å². The van der Waals surface area contributed by atoms with Crippen LogP contribution >= 0.6 is 0 Å². The number of ether oxygens (including phenoxy) is 3. The first-order valence-electron chi connectivity index (χ1n) is 16.6. The Hall–Kier alpha value is -1.44. The summed E-state index contributed by atoms with van der Waals surface area (Å²) in [5.74, 6) is 0.0474.